The van der Waals surface area contributed by atoms with Gasteiger partial charge in [0.15, 0.2) is 5.69 Å². The van der Waals surface area contributed by atoms with Gasteiger partial charge in [-0.05, 0) is 13.0 Å². The predicted molar refractivity (Wildman–Crippen MR) is 44.3 cm³/mol. The minimum absolute atomic E-state index is 0.215. The molecule has 1 aromatic rings. The lowest BCUT2D eigenvalue weighted by atomic mass is 10.4. The molecule has 1 rings (SSSR count). The summed E-state index contributed by atoms with van der Waals surface area (Å²) in [6.45, 7) is 2.03. The van der Waals surface area contributed by atoms with Crippen molar-refractivity contribution >= 4 is 17.6 Å². The van der Waals surface area contributed by atoms with Gasteiger partial charge in [-0.15, -0.1) is 11.6 Å². The first-order valence-electron chi connectivity index (χ1n) is 3.49. The van der Waals surface area contributed by atoms with Gasteiger partial charge in [0.2, 0.25) is 0 Å². The van der Waals surface area contributed by atoms with Crippen molar-refractivity contribution in [3.05, 3.63) is 17.5 Å². The molecule has 1 heterocycles. The number of H-pyrrole nitrogens is 1. The molecule has 0 saturated heterocycles. The molecule has 0 radical (unpaired) electrons. The molecule has 0 fully saturated rings. The van der Waals surface area contributed by atoms with E-state index in [9.17, 15) is 4.79 Å². The van der Waals surface area contributed by atoms with Crippen LogP contribution in [0.3, 0.4) is 0 Å². The van der Waals surface area contributed by atoms with E-state index in [-0.39, 0.29) is 12.3 Å². The van der Waals surface area contributed by atoms with Crippen LogP contribution in [0.2, 0.25) is 0 Å². The van der Waals surface area contributed by atoms with E-state index < -0.39 is 5.97 Å². The highest BCUT2D eigenvalue weighted by Crippen LogP contribution is 1.99. The molecule has 0 atom stereocenters. The first-order valence-corrected chi connectivity index (χ1v) is 4.02. The number of carbonyl (C=O) groups is 1. The Labute approximate surface area is 74.9 Å². The van der Waals surface area contributed by atoms with Crippen molar-refractivity contribution in [3.8, 4) is 0 Å². The Morgan fingerprint density at radius 3 is 3.08 bits per heavy atom. The van der Waals surface area contributed by atoms with Gasteiger partial charge < -0.3 is 4.74 Å². The maximum absolute atomic E-state index is 11.1. The summed E-state index contributed by atoms with van der Waals surface area (Å²) in [5, 5.41) is 6.37. The third-order valence-electron chi connectivity index (χ3n) is 1.23. The highest BCUT2D eigenvalue weighted by molar-refractivity contribution is 6.18. The Kier molecular flexibility index (Phi) is 3.10. The monoisotopic (exact) mass is 188 g/mol. The lowest BCUT2D eigenvalue weighted by molar-refractivity contribution is 0.0522. The molecule has 0 saturated carbocycles. The number of alkyl halides is 1. The molecular formula is C7H9ClN2O2. The van der Waals surface area contributed by atoms with Crippen molar-refractivity contribution in [3.63, 3.8) is 0 Å². The van der Waals surface area contributed by atoms with Crippen LogP contribution in [0.1, 0.15) is 16.2 Å². The molecule has 1 aromatic heterocycles. The molecule has 0 unspecified atom stereocenters. The Morgan fingerprint density at radius 1 is 1.83 bits per heavy atom. The normalized spacial score (nSPS) is 9.83. The highest BCUT2D eigenvalue weighted by Gasteiger charge is 2.09. The van der Waals surface area contributed by atoms with Crippen LogP contribution in [0, 0.1) is 6.92 Å². The fourth-order valence-electron chi connectivity index (χ4n) is 0.728. The quantitative estimate of drug-likeness (QED) is 0.571. The molecule has 0 amide bonds. The van der Waals surface area contributed by atoms with E-state index in [1.54, 1.807) is 6.07 Å². The summed E-state index contributed by atoms with van der Waals surface area (Å²) in [7, 11) is 0. The second-order valence-corrected chi connectivity index (χ2v) is 2.64. The summed E-state index contributed by atoms with van der Waals surface area (Å²) < 4.78 is 4.74. The van der Waals surface area contributed by atoms with E-state index in [1.165, 1.54) is 0 Å². The number of nitrogens with one attached hydrogen (secondary N) is 1. The maximum atomic E-state index is 11.1. The Morgan fingerprint density at radius 2 is 2.58 bits per heavy atom. The second-order valence-electron chi connectivity index (χ2n) is 2.26. The van der Waals surface area contributed by atoms with Gasteiger partial charge in [-0.1, -0.05) is 0 Å². The number of nitrogens with zero attached hydrogens (tertiary/aromatic N) is 1. The van der Waals surface area contributed by atoms with E-state index in [0.717, 1.165) is 5.69 Å². The van der Waals surface area contributed by atoms with Crippen LogP contribution < -0.4 is 0 Å². The molecule has 0 aliphatic rings. The standard InChI is InChI=1S/C7H9ClN2O2/c1-5-4-6(10-9-5)7(11)12-3-2-8/h4H,2-3H2,1H3,(H,9,10). The van der Waals surface area contributed by atoms with Crippen molar-refractivity contribution in [2.45, 2.75) is 6.92 Å². The summed E-state index contributed by atoms with van der Waals surface area (Å²) in [6, 6.07) is 1.62. The van der Waals surface area contributed by atoms with Crippen LogP contribution in [0.4, 0.5) is 0 Å². The molecule has 12 heavy (non-hydrogen) atoms. The van der Waals surface area contributed by atoms with Gasteiger partial charge in [0.05, 0.1) is 5.88 Å². The fourth-order valence-corrected chi connectivity index (χ4v) is 0.805. The van der Waals surface area contributed by atoms with Gasteiger partial charge in [0.25, 0.3) is 0 Å². The largest absolute Gasteiger partial charge is 0.460 e. The van der Waals surface area contributed by atoms with E-state index in [2.05, 4.69) is 10.2 Å². The number of esters is 1. The zero-order chi connectivity index (χ0) is 8.97. The van der Waals surface area contributed by atoms with Crippen LogP contribution in [0.15, 0.2) is 6.07 Å². The number of aromatic nitrogens is 2. The third-order valence-corrected chi connectivity index (χ3v) is 1.38. The van der Waals surface area contributed by atoms with Gasteiger partial charge in [0.1, 0.15) is 6.61 Å². The SMILES string of the molecule is Cc1cc(C(=O)OCCCl)n[nH]1. The fraction of sp³-hybridized carbons (Fsp3) is 0.429. The number of ether oxygens (including phenoxy) is 1. The molecule has 1 N–H and O–H groups in total. The number of halogens is 1. The van der Waals surface area contributed by atoms with Crippen LogP contribution >= 0.6 is 11.6 Å². The number of hydrogen-bond acceptors (Lipinski definition) is 3. The van der Waals surface area contributed by atoms with Crippen molar-refractivity contribution in [1.82, 2.24) is 10.2 Å². The summed E-state index contributed by atoms with van der Waals surface area (Å²) in [4.78, 5) is 11.1. The number of carbonyl (C=O) groups excluding carboxylic acids is 1. The number of hydrogen-bond donors (Lipinski definition) is 1. The lowest BCUT2D eigenvalue weighted by Crippen LogP contribution is -2.07. The highest BCUT2D eigenvalue weighted by atomic mass is 35.5. The molecular weight excluding hydrogens is 180 g/mol. The first-order chi connectivity index (χ1) is 5.74. The minimum atomic E-state index is -0.444. The number of aromatic amines is 1. The molecule has 0 aliphatic carbocycles. The zero-order valence-electron chi connectivity index (χ0n) is 6.63. The van der Waals surface area contributed by atoms with Gasteiger partial charge in [-0.25, -0.2) is 4.79 Å². The van der Waals surface area contributed by atoms with Crippen LogP contribution in [-0.2, 0) is 4.74 Å². The van der Waals surface area contributed by atoms with Crippen LogP contribution in [-0.4, -0.2) is 28.7 Å². The average molecular weight is 189 g/mol. The molecule has 0 spiro atoms. The topological polar surface area (TPSA) is 55.0 Å². The van der Waals surface area contributed by atoms with Gasteiger partial charge in [-0.3, -0.25) is 5.10 Å². The van der Waals surface area contributed by atoms with Gasteiger partial charge in [-0.2, -0.15) is 5.10 Å². The van der Waals surface area contributed by atoms with Crippen molar-refractivity contribution < 1.29 is 9.53 Å². The maximum Gasteiger partial charge on any atom is 0.358 e. The third kappa shape index (κ3) is 2.23. The molecule has 4 nitrogen and oxygen atoms in total. The molecule has 0 aromatic carbocycles. The molecule has 0 bridgehead atoms. The Balaban J connectivity index is 2.53. The summed E-state index contributed by atoms with van der Waals surface area (Å²) in [6.07, 6.45) is 0. The van der Waals surface area contributed by atoms with Crippen molar-refractivity contribution in [2.75, 3.05) is 12.5 Å². The Bertz CT molecular complexity index is 272. The average Bonchev–Trinajstić information content (AvgIpc) is 2.47. The Hall–Kier alpha value is -1.03. The van der Waals surface area contributed by atoms with Crippen LogP contribution in [0.5, 0.6) is 0 Å². The molecule has 0 aliphatic heterocycles. The van der Waals surface area contributed by atoms with Crippen molar-refractivity contribution in [1.29, 1.82) is 0 Å². The lowest BCUT2D eigenvalue weighted by Gasteiger charge is -1.97. The summed E-state index contributed by atoms with van der Waals surface area (Å²) >= 11 is 5.33. The summed E-state index contributed by atoms with van der Waals surface area (Å²) in [5.41, 5.74) is 1.12. The van der Waals surface area contributed by atoms with E-state index in [4.69, 9.17) is 16.3 Å². The van der Waals surface area contributed by atoms with E-state index in [0.29, 0.717) is 5.88 Å². The molecule has 5 heteroatoms. The minimum Gasteiger partial charge on any atom is -0.460 e. The van der Waals surface area contributed by atoms with Crippen molar-refractivity contribution in [2.24, 2.45) is 0 Å². The predicted octanol–water partition coefficient (Wildman–Crippen LogP) is 1.11. The van der Waals surface area contributed by atoms with Gasteiger partial charge >= 0.3 is 5.97 Å². The summed E-state index contributed by atoms with van der Waals surface area (Å²) in [5.74, 6) is -0.144. The van der Waals surface area contributed by atoms with E-state index >= 15 is 0 Å². The van der Waals surface area contributed by atoms with Crippen LogP contribution in [0.25, 0.3) is 0 Å². The second kappa shape index (κ2) is 4.11. The number of rotatable bonds is 3. The first kappa shape index (κ1) is 9.06. The molecule has 66 valence electrons. The van der Waals surface area contributed by atoms with E-state index in [1.807, 2.05) is 6.92 Å². The van der Waals surface area contributed by atoms with Gasteiger partial charge in [0, 0.05) is 5.69 Å². The smallest absolute Gasteiger partial charge is 0.358 e. The number of aryl methyl sites for hydroxylation is 1. The zero-order valence-corrected chi connectivity index (χ0v) is 7.39.